The second-order valence-electron chi connectivity index (χ2n) is 5.67. The third-order valence-corrected chi connectivity index (χ3v) is 5.38. The van der Waals surface area contributed by atoms with Crippen LogP contribution >= 0.6 is 11.3 Å². The Morgan fingerprint density at radius 3 is 2.61 bits per heavy atom. The highest BCUT2D eigenvalue weighted by Gasteiger charge is 2.18. The SMILES string of the molecule is Cc1ccc(C(=O)NC(C)c2sc3ccccc3c2C)c(=O)[nH]1. The average Bonchev–Trinajstić information content (AvgIpc) is 2.85. The first kappa shape index (κ1) is 15.5. The van der Waals surface area contributed by atoms with E-state index in [-0.39, 0.29) is 23.1 Å². The molecule has 2 N–H and O–H groups in total. The largest absolute Gasteiger partial charge is 0.345 e. The normalized spacial score (nSPS) is 12.3. The molecule has 5 heteroatoms. The van der Waals surface area contributed by atoms with Gasteiger partial charge in [-0.15, -0.1) is 11.3 Å². The third kappa shape index (κ3) is 2.92. The molecule has 0 spiro atoms. The Kier molecular flexibility index (Phi) is 4.05. The molecule has 0 saturated heterocycles. The van der Waals surface area contributed by atoms with Gasteiger partial charge in [0.05, 0.1) is 6.04 Å². The molecule has 118 valence electrons. The van der Waals surface area contributed by atoms with Gasteiger partial charge in [0.15, 0.2) is 0 Å². The van der Waals surface area contributed by atoms with E-state index in [1.807, 2.05) is 19.1 Å². The van der Waals surface area contributed by atoms with Crippen molar-refractivity contribution in [2.45, 2.75) is 26.8 Å². The van der Waals surface area contributed by atoms with E-state index in [0.29, 0.717) is 0 Å². The number of hydrogen-bond donors (Lipinski definition) is 2. The minimum atomic E-state index is -0.359. The van der Waals surface area contributed by atoms with Crippen molar-refractivity contribution in [1.82, 2.24) is 10.3 Å². The number of fused-ring (bicyclic) bond motifs is 1. The van der Waals surface area contributed by atoms with Crippen LogP contribution in [0.1, 0.15) is 39.5 Å². The maximum Gasteiger partial charge on any atom is 0.260 e. The molecule has 0 radical (unpaired) electrons. The van der Waals surface area contributed by atoms with Crippen molar-refractivity contribution in [2.75, 3.05) is 0 Å². The summed E-state index contributed by atoms with van der Waals surface area (Å²) in [7, 11) is 0. The Labute approximate surface area is 138 Å². The lowest BCUT2D eigenvalue weighted by atomic mass is 10.1. The van der Waals surface area contributed by atoms with Gasteiger partial charge in [0.25, 0.3) is 11.5 Å². The molecule has 0 bridgehead atoms. The van der Waals surface area contributed by atoms with Gasteiger partial charge in [0, 0.05) is 15.3 Å². The van der Waals surface area contributed by atoms with Crippen LogP contribution in [0.25, 0.3) is 10.1 Å². The number of rotatable bonds is 3. The monoisotopic (exact) mass is 326 g/mol. The second-order valence-corrected chi connectivity index (χ2v) is 6.75. The van der Waals surface area contributed by atoms with Gasteiger partial charge in [-0.3, -0.25) is 9.59 Å². The van der Waals surface area contributed by atoms with E-state index in [9.17, 15) is 9.59 Å². The van der Waals surface area contributed by atoms with Crippen molar-refractivity contribution in [1.29, 1.82) is 0 Å². The number of aryl methyl sites for hydroxylation is 2. The average molecular weight is 326 g/mol. The molecule has 1 amide bonds. The van der Waals surface area contributed by atoms with Crippen molar-refractivity contribution in [3.63, 3.8) is 0 Å². The number of carbonyl (C=O) groups is 1. The number of thiophene rings is 1. The quantitative estimate of drug-likeness (QED) is 0.771. The van der Waals surface area contributed by atoms with Crippen LogP contribution < -0.4 is 10.9 Å². The zero-order chi connectivity index (χ0) is 16.6. The summed E-state index contributed by atoms with van der Waals surface area (Å²) in [6.45, 7) is 5.79. The first-order valence-electron chi connectivity index (χ1n) is 7.46. The van der Waals surface area contributed by atoms with E-state index in [1.54, 1.807) is 30.4 Å². The van der Waals surface area contributed by atoms with Gasteiger partial charge < -0.3 is 10.3 Å². The van der Waals surface area contributed by atoms with Gasteiger partial charge in [-0.05, 0) is 49.9 Å². The number of aromatic nitrogens is 1. The van der Waals surface area contributed by atoms with Crippen molar-refractivity contribution >= 4 is 27.3 Å². The van der Waals surface area contributed by atoms with Gasteiger partial charge in [-0.25, -0.2) is 0 Å². The molecule has 1 aromatic carbocycles. The number of carbonyl (C=O) groups excluding carboxylic acids is 1. The molecular formula is C18H18N2O2S. The van der Waals surface area contributed by atoms with Gasteiger partial charge in [0.1, 0.15) is 5.56 Å². The van der Waals surface area contributed by atoms with Crippen LogP contribution in [0.5, 0.6) is 0 Å². The summed E-state index contributed by atoms with van der Waals surface area (Å²) in [6.07, 6.45) is 0. The summed E-state index contributed by atoms with van der Waals surface area (Å²) in [5, 5.41) is 4.14. The lowest BCUT2D eigenvalue weighted by molar-refractivity contribution is 0.0939. The van der Waals surface area contributed by atoms with Crippen LogP contribution in [0.15, 0.2) is 41.2 Å². The number of H-pyrrole nitrogens is 1. The summed E-state index contributed by atoms with van der Waals surface area (Å²) < 4.78 is 1.20. The second kappa shape index (κ2) is 6.01. The molecule has 3 rings (SSSR count). The highest BCUT2D eigenvalue weighted by Crippen LogP contribution is 2.34. The maximum absolute atomic E-state index is 12.4. The molecule has 0 saturated carbocycles. The smallest absolute Gasteiger partial charge is 0.260 e. The molecule has 0 fully saturated rings. The molecule has 2 aromatic heterocycles. The summed E-state index contributed by atoms with van der Waals surface area (Å²) in [4.78, 5) is 28.0. The highest BCUT2D eigenvalue weighted by molar-refractivity contribution is 7.19. The summed E-state index contributed by atoms with van der Waals surface area (Å²) in [5.74, 6) is -0.351. The van der Waals surface area contributed by atoms with Gasteiger partial charge in [0.2, 0.25) is 0 Å². The molecule has 0 aliphatic heterocycles. The fraction of sp³-hybridized carbons (Fsp3) is 0.222. The minimum Gasteiger partial charge on any atom is -0.345 e. The van der Waals surface area contributed by atoms with Crippen molar-refractivity contribution in [2.24, 2.45) is 0 Å². The lowest BCUT2D eigenvalue weighted by Crippen LogP contribution is -2.31. The van der Waals surface area contributed by atoms with E-state index in [4.69, 9.17) is 0 Å². The number of aromatic amines is 1. The van der Waals surface area contributed by atoms with E-state index >= 15 is 0 Å². The maximum atomic E-state index is 12.4. The molecule has 0 aliphatic carbocycles. The molecule has 2 heterocycles. The lowest BCUT2D eigenvalue weighted by Gasteiger charge is -2.13. The fourth-order valence-corrected chi connectivity index (χ4v) is 3.91. The van der Waals surface area contributed by atoms with Crippen LogP contribution in [0.2, 0.25) is 0 Å². The summed E-state index contributed by atoms with van der Waals surface area (Å²) in [5.41, 5.74) is 1.69. The van der Waals surface area contributed by atoms with E-state index in [1.165, 1.54) is 15.6 Å². The highest BCUT2D eigenvalue weighted by atomic mass is 32.1. The Hall–Kier alpha value is -2.40. The number of pyridine rings is 1. The number of nitrogens with one attached hydrogen (secondary N) is 2. The van der Waals surface area contributed by atoms with E-state index in [0.717, 1.165) is 10.6 Å². The van der Waals surface area contributed by atoms with Crippen molar-refractivity contribution in [3.8, 4) is 0 Å². The Morgan fingerprint density at radius 1 is 1.17 bits per heavy atom. The zero-order valence-corrected chi connectivity index (χ0v) is 14.1. The number of amides is 1. The third-order valence-electron chi connectivity index (χ3n) is 3.92. The van der Waals surface area contributed by atoms with Crippen LogP contribution in [0.3, 0.4) is 0 Å². The van der Waals surface area contributed by atoms with E-state index in [2.05, 4.69) is 29.4 Å². The zero-order valence-electron chi connectivity index (χ0n) is 13.3. The molecule has 1 atom stereocenters. The van der Waals surface area contributed by atoms with Crippen molar-refractivity contribution < 1.29 is 4.79 Å². The molecule has 1 unspecified atom stereocenters. The summed E-state index contributed by atoms with van der Waals surface area (Å²) >= 11 is 1.68. The minimum absolute atomic E-state index is 0.140. The predicted molar refractivity (Wildman–Crippen MR) is 94.2 cm³/mol. The Bertz CT molecular complexity index is 940. The molecular weight excluding hydrogens is 308 g/mol. The number of hydrogen-bond acceptors (Lipinski definition) is 3. The first-order chi connectivity index (χ1) is 11.0. The topological polar surface area (TPSA) is 62.0 Å². The summed E-state index contributed by atoms with van der Waals surface area (Å²) in [6, 6.07) is 11.3. The van der Waals surface area contributed by atoms with Gasteiger partial charge in [-0.2, -0.15) is 0 Å². The van der Waals surface area contributed by atoms with Crippen molar-refractivity contribution in [3.05, 3.63) is 68.4 Å². The standard InChI is InChI=1S/C18H18N2O2S/c1-10-8-9-14(17(21)19-10)18(22)20-12(3)16-11(2)13-6-4-5-7-15(13)23-16/h4-9,12H,1-3H3,(H,19,21)(H,20,22). The van der Waals surface area contributed by atoms with Crippen LogP contribution in [-0.4, -0.2) is 10.9 Å². The van der Waals surface area contributed by atoms with Crippen LogP contribution in [0.4, 0.5) is 0 Å². The molecule has 4 nitrogen and oxygen atoms in total. The van der Waals surface area contributed by atoms with Crippen LogP contribution in [0, 0.1) is 13.8 Å². The molecule has 23 heavy (non-hydrogen) atoms. The molecule has 3 aromatic rings. The van der Waals surface area contributed by atoms with E-state index < -0.39 is 0 Å². The first-order valence-corrected chi connectivity index (χ1v) is 8.28. The Balaban J connectivity index is 1.88. The van der Waals surface area contributed by atoms with Gasteiger partial charge in [-0.1, -0.05) is 18.2 Å². The fourth-order valence-electron chi connectivity index (χ4n) is 2.70. The predicted octanol–water partition coefficient (Wildman–Crippen LogP) is 3.70. The Morgan fingerprint density at radius 2 is 1.91 bits per heavy atom. The van der Waals surface area contributed by atoms with Crippen LogP contribution in [-0.2, 0) is 0 Å². The molecule has 0 aliphatic rings. The van der Waals surface area contributed by atoms with Gasteiger partial charge >= 0.3 is 0 Å². The number of benzene rings is 1.